The maximum atomic E-state index is 13.4. The highest BCUT2D eigenvalue weighted by atomic mass is 19.1. The first-order valence-electron chi connectivity index (χ1n) is 10.7. The van der Waals surface area contributed by atoms with Gasteiger partial charge >= 0.3 is 0 Å². The Kier molecular flexibility index (Phi) is 5.72. The maximum Gasteiger partial charge on any atom is 0.276 e. The number of nitrogens with zero attached hydrogens (tertiary/aromatic N) is 5. The van der Waals surface area contributed by atoms with Crippen molar-refractivity contribution in [2.24, 2.45) is 0 Å². The second kappa shape index (κ2) is 8.96. The van der Waals surface area contributed by atoms with Crippen molar-refractivity contribution in [1.82, 2.24) is 24.8 Å². The van der Waals surface area contributed by atoms with E-state index in [-0.39, 0.29) is 17.8 Å². The molecular formula is C23H24FN5O3. The molecule has 1 amide bonds. The molecule has 0 saturated carbocycles. The number of benzene rings is 2. The topological polar surface area (TPSA) is 72.7 Å². The number of hydrogen-bond donors (Lipinski definition) is 0. The Labute approximate surface area is 185 Å². The average Bonchev–Trinajstić information content (AvgIpc) is 3.27. The number of hydrogen-bond acceptors (Lipinski definition) is 6. The molecule has 5 rings (SSSR count). The molecule has 3 aromatic rings. The summed E-state index contributed by atoms with van der Waals surface area (Å²) in [5.41, 5.74) is 1.25. The first-order valence-corrected chi connectivity index (χ1v) is 10.7. The standard InChI is InChI=1S/C23H24FN5O3/c24-18-5-3-4-17(12-18)13-27-8-10-28(11-9-27)23(30)20-15-29(26-25-20)14-19-16-31-21-6-1-2-7-22(21)32-19/h1-7,12,15,19H,8-11,13-14,16H2. The van der Waals surface area contributed by atoms with Crippen LogP contribution < -0.4 is 9.47 Å². The number of amides is 1. The van der Waals surface area contributed by atoms with Crippen LogP contribution in [0.1, 0.15) is 16.1 Å². The molecule has 0 N–H and O–H groups in total. The predicted octanol–water partition coefficient (Wildman–Crippen LogP) is 2.22. The molecule has 1 saturated heterocycles. The van der Waals surface area contributed by atoms with Gasteiger partial charge in [-0.25, -0.2) is 9.07 Å². The smallest absolute Gasteiger partial charge is 0.276 e. The first kappa shape index (κ1) is 20.4. The van der Waals surface area contributed by atoms with E-state index in [2.05, 4.69) is 15.2 Å². The van der Waals surface area contributed by atoms with Gasteiger partial charge in [0.1, 0.15) is 12.4 Å². The third-order valence-electron chi connectivity index (χ3n) is 5.67. The van der Waals surface area contributed by atoms with E-state index in [0.717, 1.165) is 24.4 Å². The predicted molar refractivity (Wildman–Crippen MR) is 114 cm³/mol. The Hall–Kier alpha value is -3.46. The molecule has 166 valence electrons. The monoisotopic (exact) mass is 437 g/mol. The van der Waals surface area contributed by atoms with Gasteiger partial charge < -0.3 is 14.4 Å². The van der Waals surface area contributed by atoms with Crippen LogP contribution in [0.5, 0.6) is 11.5 Å². The molecule has 2 aliphatic rings. The lowest BCUT2D eigenvalue weighted by Crippen LogP contribution is -2.48. The number of carbonyl (C=O) groups is 1. The van der Waals surface area contributed by atoms with Crippen LogP contribution in [-0.4, -0.2) is 69.6 Å². The lowest BCUT2D eigenvalue weighted by Gasteiger charge is -2.34. The lowest BCUT2D eigenvalue weighted by molar-refractivity contribution is 0.0622. The number of aromatic nitrogens is 3. The number of ether oxygens (including phenoxy) is 2. The van der Waals surface area contributed by atoms with E-state index in [0.29, 0.717) is 44.2 Å². The molecule has 9 heteroatoms. The summed E-state index contributed by atoms with van der Waals surface area (Å²) in [5, 5.41) is 8.17. The van der Waals surface area contributed by atoms with Gasteiger partial charge in [0.15, 0.2) is 23.3 Å². The molecule has 0 spiro atoms. The molecule has 2 aromatic carbocycles. The third-order valence-corrected chi connectivity index (χ3v) is 5.67. The van der Waals surface area contributed by atoms with Crippen molar-refractivity contribution in [3.63, 3.8) is 0 Å². The minimum Gasteiger partial charge on any atom is -0.486 e. The van der Waals surface area contributed by atoms with E-state index in [1.54, 1.807) is 27.9 Å². The number of rotatable bonds is 5. The molecule has 0 radical (unpaired) electrons. The van der Waals surface area contributed by atoms with Crippen molar-refractivity contribution >= 4 is 5.91 Å². The van der Waals surface area contributed by atoms with Gasteiger partial charge in [0.05, 0.1) is 12.7 Å². The lowest BCUT2D eigenvalue weighted by atomic mass is 10.2. The van der Waals surface area contributed by atoms with Crippen molar-refractivity contribution < 1.29 is 18.7 Å². The maximum absolute atomic E-state index is 13.4. The van der Waals surface area contributed by atoms with Crippen molar-refractivity contribution in [3.8, 4) is 11.5 Å². The summed E-state index contributed by atoms with van der Waals surface area (Å²) in [4.78, 5) is 16.9. The Bertz CT molecular complexity index is 1100. The molecule has 0 aliphatic carbocycles. The van der Waals surface area contributed by atoms with Crippen molar-refractivity contribution in [3.05, 3.63) is 71.8 Å². The quantitative estimate of drug-likeness (QED) is 0.610. The van der Waals surface area contributed by atoms with Crippen molar-refractivity contribution in [2.45, 2.75) is 19.2 Å². The second-order valence-corrected chi connectivity index (χ2v) is 8.02. The molecule has 8 nitrogen and oxygen atoms in total. The minimum atomic E-state index is -0.228. The van der Waals surface area contributed by atoms with Gasteiger partial charge in [-0.15, -0.1) is 5.10 Å². The summed E-state index contributed by atoms with van der Waals surface area (Å²) in [6.45, 7) is 4.16. The zero-order valence-corrected chi connectivity index (χ0v) is 17.6. The van der Waals surface area contributed by atoms with E-state index in [4.69, 9.17) is 9.47 Å². The van der Waals surface area contributed by atoms with Crippen LogP contribution in [0.4, 0.5) is 4.39 Å². The SMILES string of the molecule is O=C(c1cn(CC2COc3ccccc3O2)nn1)N1CCN(Cc2cccc(F)c2)CC1. The normalized spacial score (nSPS) is 18.5. The Morgan fingerprint density at radius 1 is 1.06 bits per heavy atom. The largest absolute Gasteiger partial charge is 0.486 e. The minimum absolute atomic E-state index is 0.132. The van der Waals surface area contributed by atoms with E-state index < -0.39 is 0 Å². The molecule has 2 aliphatic heterocycles. The number of halogens is 1. The molecule has 0 bridgehead atoms. The summed E-state index contributed by atoms with van der Waals surface area (Å²) in [7, 11) is 0. The van der Waals surface area contributed by atoms with Gasteiger partial charge in [-0.05, 0) is 29.8 Å². The molecule has 1 aromatic heterocycles. The van der Waals surface area contributed by atoms with E-state index in [9.17, 15) is 9.18 Å². The fourth-order valence-corrected chi connectivity index (χ4v) is 4.01. The zero-order valence-electron chi connectivity index (χ0n) is 17.6. The Morgan fingerprint density at radius 2 is 1.88 bits per heavy atom. The van der Waals surface area contributed by atoms with Crippen LogP contribution in [0.15, 0.2) is 54.7 Å². The number of para-hydroxylation sites is 2. The fraction of sp³-hybridized carbons (Fsp3) is 0.348. The zero-order chi connectivity index (χ0) is 21.9. The van der Waals surface area contributed by atoms with Crippen LogP contribution in [0, 0.1) is 5.82 Å². The van der Waals surface area contributed by atoms with Gasteiger partial charge in [-0.3, -0.25) is 9.69 Å². The summed E-state index contributed by atoms with van der Waals surface area (Å²) in [6, 6.07) is 14.2. The third kappa shape index (κ3) is 4.57. The van der Waals surface area contributed by atoms with Gasteiger partial charge in [0.2, 0.25) is 0 Å². The van der Waals surface area contributed by atoms with Crippen molar-refractivity contribution in [1.29, 1.82) is 0 Å². The first-order chi connectivity index (χ1) is 15.6. The second-order valence-electron chi connectivity index (χ2n) is 8.02. The van der Waals surface area contributed by atoms with E-state index in [1.807, 2.05) is 30.3 Å². The van der Waals surface area contributed by atoms with Gasteiger partial charge in [0, 0.05) is 32.7 Å². The number of fused-ring (bicyclic) bond motifs is 1. The number of carbonyl (C=O) groups excluding carboxylic acids is 1. The highest BCUT2D eigenvalue weighted by molar-refractivity contribution is 5.92. The molecule has 1 fully saturated rings. The van der Waals surface area contributed by atoms with E-state index >= 15 is 0 Å². The molecule has 32 heavy (non-hydrogen) atoms. The highest BCUT2D eigenvalue weighted by Gasteiger charge is 2.26. The number of piperazine rings is 1. The Morgan fingerprint density at radius 3 is 2.69 bits per heavy atom. The van der Waals surface area contributed by atoms with Gasteiger partial charge in [0.25, 0.3) is 5.91 Å². The van der Waals surface area contributed by atoms with E-state index in [1.165, 1.54) is 6.07 Å². The van der Waals surface area contributed by atoms with Crippen molar-refractivity contribution in [2.75, 3.05) is 32.8 Å². The summed E-state index contributed by atoms with van der Waals surface area (Å²) in [5.74, 6) is 1.08. The average molecular weight is 437 g/mol. The van der Waals surface area contributed by atoms with Crippen LogP contribution in [0.25, 0.3) is 0 Å². The molecule has 1 unspecified atom stereocenters. The van der Waals surface area contributed by atoms with Crippen LogP contribution >= 0.6 is 0 Å². The van der Waals surface area contributed by atoms with Crippen LogP contribution in [0.3, 0.4) is 0 Å². The fourth-order valence-electron chi connectivity index (χ4n) is 4.01. The summed E-state index contributed by atoms with van der Waals surface area (Å²) in [6.07, 6.45) is 1.45. The van der Waals surface area contributed by atoms with Gasteiger partial charge in [-0.1, -0.05) is 29.5 Å². The summed E-state index contributed by atoms with van der Waals surface area (Å²) >= 11 is 0. The van der Waals surface area contributed by atoms with Crippen LogP contribution in [0.2, 0.25) is 0 Å². The highest BCUT2D eigenvalue weighted by Crippen LogP contribution is 2.31. The van der Waals surface area contributed by atoms with Gasteiger partial charge in [-0.2, -0.15) is 0 Å². The summed E-state index contributed by atoms with van der Waals surface area (Å²) < 4.78 is 26.7. The molecule has 3 heterocycles. The molecular weight excluding hydrogens is 413 g/mol. The molecule has 1 atom stereocenters. The Balaban J connectivity index is 1.14. The van der Waals surface area contributed by atoms with Crippen LogP contribution in [-0.2, 0) is 13.1 Å².